The van der Waals surface area contributed by atoms with E-state index in [4.69, 9.17) is 4.74 Å². The average molecular weight is 493 g/mol. The Labute approximate surface area is 212 Å². The smallest absolute Gasteiger partial charge is 0.224 e. The van der Waals surface area contributed by atoms with Crippen molar-refractivity contribution >= 4 is 0 Å². The van der Waals surface area contributed by atoms with E-state index in [1.165, 1.54) is 6.07 Å². The molecule has 1 fully saturated rings. The zero-order valence-electron chi connectivity index (χ0n) is 21.2. The number of nitrogens with zero attached hydrogens (tertiary/aromatic N) is 2. The highest BCUT2D eigenvalue weighted by Crippen LogP contribution is 2.32. The lowest BCUT2D eigenvalue weighted by atomic mass is 9.95. The third kappa shape index (κ3) is 6.00. The summed E-state index contributed by atoms with van der Waals surface area (Å²) in [4.78, 5) is 17.7. The second-order valence-corrected chi connectivity index (χ2v) is 9.58. The van der Waals surface area contributed by atoms with E-state index < -0.39 is 11.6 Å². The van der Waals surface area contributed by atoms with Crippen LogP contribution in [-0.2, 0) is 6.54 Å². The van der Waals surface area contributed by atoms with Gasteiger partial charge in [-0.1, -0.05) is 62.4 Å². The van der Waals surface area contributed by atoms with Crippen LogP contribution in [-0.4, -0.2) is 42.6 Å². The molecule has 0 aromatic heterocycles. The molecule has 1 saturated heterocycles. The van der Waals surface area contributed by atoms with Crippen molar-refractivity contribution in [2.45, 2.75) is 39.3 Å². The fourth-order valence-corrected chi connectivity index (χ4v) is 4.81. The summed E-state index contributed by atoms with van der Waals surface area (Å²) in [5.41, 5.74) is 3.15. The monoisotopic (exact) mass is 492 g/mol. The van der Waals surface area contributed by atoms with Crippen molar-refractivity contribution in [1.29, 1.82) is 0 Å². The quantitative estimate of drug-likeness (QED) is 0.401. The topological polar surface area (TPSA) is 32.8 Å². The van der Waals surface area contributed by atoms with Crippen molar-refractivity contribution < 1.29 is 13.5 Å². The molecule has 1 unspecified atom stereocenters. The SMILES string of the molecule is CCOc1cc(C(C)C)ccc(CN2CCN(C(c3ccccc3)c3ccc(F)cc3F)CC2)c1=O. The van der Waals surface area contributed by atoms with Gasteiger partial charge in [0.05, 0.1) is 12.6 Å². The van der Waals surface area contributed by atoms with E-state index in [0.717, 1.165) is 30.3 Å². The summed E-state index contributed by atoms with van der Waals surface area (Å²) in [7, 11) is 0. The molecule has 0 N–H and O–H groups in total. The summed E-state index contributed by atoms with van der Waals surface area (Å²) < 4.78 is 34.2. The van der Waals surface area contributed by atoms with Crippen molar-refractivity contribution in [3.8, 4) is 5.75 Å². The molecule has 0 spiro atoms. The van der Waals surface area contributed by atoms with Gasteiger partial charge in [-0.3, -0.25) is 14.6 Å². The zero-order chi connectivity index (χ0) is 25.7. The molecule has 190 valence electrons. The summed E-state index contributed by atoms with van der Waals surface area (Å²) in [6.45, 7) is 9.89. The molecule has 1 heterocycles. The number of hydrogen-bond donors (Lipinski definition) is 0. The Morgan fingerprint density at radius 1 is 0.889 bits per heavy atom. The van der Waals surface area contributed by atoms with Gasteiger partial charge in [-0.25, -0.2) is 8.78 Å². The highest BCUT2D eigenvalue weighted by molar-refractivity contribution is 5.35. The third-order valence-corrected chi connectivity index (χ3v) is 6.80. The van der Waals surface area contributed by atoms with E-state index in [9.17, 15) is 13.6 Å². The second-order valence-electron chi connectivity index (χ2n) is 9.58. The van der Waals surface area contributed by atoms with Crippen molar-refractivity contribution in [2.24, 2.45) is 0 Å². The van der Waals surface area contributed by atoms with Crippen LogP contribution in [0.2, 0.25) is 0 Å². The van der Waals surface area contributed by atoms with Gasteiger partial charge < -0.3 is 4.74 Å². The minimum Gasteiger partial charge on any atom is -0.490 e. The Kier molecular flexibility index (Phi) is 8.49. The lowest BCUT2D eigenvalue weighted by molar-refractivity contribution is 0.103. The van der Waals surface area contributed by atoms with Crippen molar-refractivity contribution in [3.05, 3.63) is 111 Å². The molecule has 36 heavy (non-hydrogen) atoms. The van der Waals surface area contributed by atoms with Gasteiger partial charge in [0.2, 0.25) is 5.43 Å². The predicted molar refractivity (Wildman–Crippen MR) is 139 cm³/mol. The highest BCUT2D eigenvalue weighted by Gasteiger charge is 2.28. The molecule has 1 aliphatic heterocycles. The van der Waals surface area contributed by atoms with Crippen LogP contribution in [0.3, 0.4) is 0 Å². The Balaban J connectivity index is 1.54. The van der Waals surface area contributed by atoms with E-state index in [2.05, 4.69) is 23.6 Å². The summed E-state index contributed by atoms with van der Waals surface area (Å²) in [5, 5.41) is 0. The van der Waals surface area contributed by atoms with Crippen LogP contribution < -0.4 is 10.2 Å². The number of rotatable bonds is 8. The molecule has 1 atom stereocenters. The molecular weight excluding hydrogens is 458 g/mol. The first-order valence-electron chi connectivity index (χ1n) is 12.6. The van der Waals surface area contributed by atoms with Crippen LogP contribution in [0, 0.1) is 11.6 Å². The van der Waals surface area contributed by atoms with Gasteiger partial charge in [0.25, 0.3) is 0 Å². The Bertz CT molecular complexity index is 1230. The van der Waals surface area contributed by atoms with Gasteiger partial charge >= 0.3 is 0 Å². The first-order chi connectivity index (χ1) is 17.4. The van der Waals surface area contributed by atoms with Crippen LogP contribution in [0.4, 0.5) is 8.78 Å². The maximum atomic E-state index is 14.9. The molecule has 6 heteroatoms. The predicted octanol–water partition coefficient (Wildman–Crippen LogP) is 5.75. The number of hydrogen-bond acceptors (Lipinski definition) is 4. The molecule has 3 aromatic rings. The fraction of sp³-hybridized carbons (Fsp3) is 0.367. The number of piperazine rings is 1. The highest BCUT2D eigenvalue weighted by atomic mass is 19.1. The molecule has 4 rings (SSSR count). The molecule has 0 amide bonds. The summed E-state index contributed by atoms with van der Waals surface area (Å²) in [6, 6.07) is 19.1. The lowest BCUT2D eigenvalue weighted by Gasteiger charge is -2.39. The molecule has 0 aliphatic carbocycles. The van der Waals surface area contributed by atoms with Crippen molar-refractivity contribution in [3.63, 3.8) is 0 Å². The zero-order valence-corrected chi connectivity index (χ0v) is 21.2. The van der Waals surface area contributed by atoms with E-state index in [0.29, 0.717) is 43.1 Å². The third-order valence-electron chi connectivity index (χ3n) is 6.80. The standard InChI is InChI=1S/C30H34F2N2O2/c1-4-36-28-18-23(21(2)3)10-11-24(30(28)35)20-33-14-16-34(17-15-33)29(22-8-6-5-7-9-22)26-13-12-25(31)19-27(26)32/h5-13,18-19,21,29H,4,14-17,20H2,1-3H3. The van der Waals surface area contributed by atoms with E-state index in [-0.39, 0.29) is 17.4 Å². The van der Waals surface area contributed by atoms with Gasteiger partial charge in [0.15, 0.2) is 5.75 Å². The number of halogens is 2. The Morgan fingerprint density at radius 2 is 1.61 bits per heavy atom. The lowest BCUT2D eigenvalue weighted by Crippen LogP contribution is -2.47. The first kappa shape index (κ1) is 26.0. The van der Waals surface area contributed by atoms with Gasteiger partial charge in [0, 0.05) is 49.9 Å². The van der Waals surface area contributed by atoms with E-state index in [1.54, 1.807) is 6.07 Å². The maximum Gasteiger partial charge on any atom is 0.224 e. The minimum atomic E-state index is -0.579. The summed E-state index contributed by atoms with van der Waals surface area (Å²) >= 11 is 0. The number of benzene rings is 2. The van der Waals surface area contributed by atoms with Crippen LogP contribution >= 0.6 is 0 Å². The van der Waals surface area contributed by atoms with Crippen molar-refractivity contribution in [1.82, 2.24) is 9.80 Å². The van der Waals surface area contributed by atoms with Gasteiger partial charge in [0.1, 0.15) is 11.6 Å². The fourth-order valence-electron chi connectivity index (χ4n) is 4.81. The minimum absolute atomic E-state index is 0.0678. The molecule has 0 radical (unpaired) electrons. The molecule has 0 saturated carbocycles. The number of ether oxygens (including phenoxy) is 1. The van der Waals surface area contributed by atoms with Crippen LogP contribution in [0.5, 0.6) is 5.75 Å². The average Bonchev–Trinajstić information content (AvgIpc) is 3.02. The van der Waals surface area contributed by atoms with E-state index in [1.807, 2.05) is 55.5 Å². The normalized spacial score (nSPS) is 15.7. The largest absolute Gasteiger partial charge is 0.490 e. The van der Waals surface area contributed by atoms with Gasteiger partial charge in [-0.2, -0.15) is 0 Å². The van der Waals surface area contributed by atoms with Gasteiger partial charge in [-0.05, 0) is 36.1 Å². The Morgan fingerprint density at radius 3 is 2.25 bits per heavy atom. The summed E-state index contributed by atoms with van der Waals surface area (Å²) in [5.74, 6) is -0.433. The second kappa shape index (κ2) is 11.8. The molecule has 1 aliphatic rings. The van der Waals surface area contributed by atoms with Crippen LogP contribution in [0.1, 0.15) is 55.0 Å². The molecule has 3 aromatic carbocycles. The van der Waals surface area contributed by atoms with Crippen LogP contribution in [0.25, 0.3) is 0 Å². The Hall–Kier alpha value is -3.09. The van der Waals surface area contributed by atoms with Gasteiger partial charge in [-0.15, -0.1) is 0 Å². The molecular formula is C30H34F2N2O2. The van der Waals surface area contributed by atoms with Crippen LogP contribution in [0.15, 0.2) is 71.5 Å². The first-order valence-corrected chi connectivity index (χ1v) is 12.6. The molecule has 0 bridgehead atoms. The summed E-state index contributed by atoms with van der Waals surface area (Å²) in [6.07, 6.45) is 0. The van der Waals surface area contributed by atoms with Crippen molar-refractivity contribution in [2.75, 3.05) is 32.8 Å². The molecule has 4 nitrogen and oxygen atoms in total. The maximum absolute atomic E-state index is 14.9. The van der Waals surface area contributed by atoms with E-state index >= 15 is 0 Å².